The maximum Gasteiger partial charge on any atom is 0.327 e. The van der Waals surface area contributed by atoms with Crippen molar-refractivity contribution in [2.45, 2.75) is 45.1 Å². The molecule has 0 saturated heterocycles. The van der Waals surface area contributed by atoms with E-state index in [2.05, 4.69) is 26.5 Å². The van der Waals surface area contributed by atoms with E-state index >= 15 is 0 Å². The van der Waals surface area contributed by atoms with Crippen LogP contribution in [0.4, 0.5) is 5.69 Å². The first-order valence-electron chi connectivity index (χ1n) is 11.7. The Morgan fingerprint density at radius 1 is 1.23 bits per heavy atom. The van der Waals surface area contributed by atoms with Gasteiger partial charge in [-0.15, -0.1) is 10.2 Å². The van der Waals surface area contributed by atoms with Crippen LogP contribution in [-0.4, -0.2) is 50.4 Å². The molecule has 1 fully saturated rings. The lowest BCUT2D eigenvalue weighted by molar-refractivity contribution is -0.138. The Morgan fingerprint density at radius 2 is 2.00 bits per heavy atom. The van der Waals surface area contributed by atoms with Crippen LogP contribution in [0.2, 0.25) is 5.02 Å². The third-order valence-corrected chi connectivity index (χ3v) is 6.57. The van der Waals surface area contributed by atoms with Crippen molar-refractivity contribution in [1.29, 1.82) is 0 Å². The summed E-state index contributed by atoms with van der Waals surface area (Å²) in [6.45, 7) is -0.323. The first kappa shape index (κ1) is 24.7. The molecule has 0 atom stereocenters. The molecule has 2 aromatic heterocycles. The molecule has 0 aliphatic heterocycles. The highest BCUT2D eigenvalue weighted by Gasteiger charge is 2.17. The minimum Gasteiger partial charge on any atom is -0.480 e. The number of anilines is 1. The van der Waals surface area contributed by atoms with E-state index in [0.29, 0.717) is 35.3 Å². The summed E-state index contributed by atoms with van der Waals surface area (Å²) >= 11 is 6.67. The van der Waals surface area contributed by atoms with Gasteiger partial charge in [-0.05, 0) is 59.7 Å². The Bertz CT molecular complexity index is 1290. The molecule has 0 bridgehead atoms. The summed E-state index contributed by atoms with van der Waals surface area (Å²) in [6.07, 6.45) is 8.07. The maximum atomic E-state index is 12.7. The Hall–Kier alpha value is -3.46. The van der Waals surface area contributed by atoms with Crippen LogP contribution in [0.25, 0.3) is 5.57 Å². The van der Waals surface area contributed by atoms with Crippen molar-refractivity contribution < 1.29 is 9.90 Å². The number of aromatic nitrogens is 5. The van der Waals surface area contributed by atoms with Gasteiger partial charge in [0.25, 0.3) is 5.56 Å². The molecule has 4 rings (SSSR count). The maximum absolute atomic E-state index is 12.7. The lowest BCUT2D eigenvalue weighted by Gasteiger charge is -2.16. The number of nitrogens with zero attached hydrogens (tertiary/aromatic N) is 5. The van der Waals surface area contributed by atoms with Gasteiger partial charge in [-0.2, -0.15) is 4.80 Å². The molecule has 1 aliphatic carbocycles. The molecule has 2 N–H and O–H groups in total. The van der Waals surface area contributed by atoms with Gasteiger partial charge >= 0.3 is 5.97 Å². The largest absolute Gasteiger partial charge is 0.480 e. The second-order valence-corrected chi connectivity index (χ2v) is 9.45. The van der Waals surface area contributed by atoms with Crippen molar-refractivity contribution in [1.82, 2.24) is 25.2 Å². The summed E-state index contributed by atoms with van der Waals surface area (Å²) in [5.74, 6) is -0.0847. The summed E-state index contributed by atoms with van der Waals surface area (Å²) in [7, 11) is 3.69. The van der Waals surface area contributed by atoms with Crippen molar-refractivity contribution in [2.75, 3.05) is 19.0 Å². The van der Waals surface area contributed by atoms with Crippen LogP contribution in [0.3, 0.4) is 0 Å². The van der Waals surface area contributed by atoms with E-state index < -0.39 is 5.97 Å². The number of tetrazole rings is 1. The molecule has 0 unspecified atom stereocenters. The first-order valence-corrected chi connectivity index (χ1v) is 12.1. The zero-order valence-corrected chi connectivity index (χ0v) is 20.6. The number of pyridine rings is 1. The second-order valence-electron chi connectivity index (χ2n) is 9.04. The number of rotatable bonds is 9. The van der Waals surface area contributed by atoms with E-state index in [1.165, 1.54) is 12.8 Å². The molecule has 0 amide bonds. The van der Waals surface area contributed by atoms with Crippen LogP contribution in [0.1, 0.15) is 48.3 Å². The Morgan fingerprint density at radius 3 is 2.66 bits per heavy atom. The molecule has 9 nitrogen and oxygen atoms in total. The monoisotopic (exact) mass is 496 g/mol. The highest BCUT2D eigenvalue weighted by atomic mass is 35.5. The van der Waals surface area contributed by atoms with Crippen LogP contribution >= 0.6 is 11.6 Å². The number of carboxylic acids is 1. The van der Waals surface area contributed by atoms with Crippen LogP contribution in [-0.2, 0) is 24.2 Å². The van der Waals surface area contributed by atoms with E-state index in [9.17, 15) is 9.59 Å². The third kappa shape index (κ3) is 6.16. The quantitative estimate of drug-likeness (QED) is 0.465. The lowest BCUT2D eigenvalue weighted by atomic mass is 9.94. The second kappa shape index (κ2) is 10.9. The zero-order valence-electron chi connectivity index (χ0n) is 19.9. The van der Waals surface area contributed by atoms with Gasteiger partial charge in [0, 0.05) is 36.8 Å². The van der Waals surface area contributed by atoms with Gasteiger partial charge in [-0.3, -0.25) is 9.59 Å². The number of halogens is 1. The topological polar surface area (TPSA) is 117 Å². The van der Waals surface area contributed by atoms with Crippen molar-refractivity contribution in [2.24, 2.45) is 5.92 Å². The van der Waals surface area contributed by atoms with Gasteiger partial charge in [0.1, 0.15) is 5.69 Å². The Balaban J connectivity index is 1.58. The molecule has 1 aromatic carbocycles. The number of benzene rings is 1. The Labute approximate surface area is 208 Å². The third-order valence-electron chi connectivity index (χ3n) is 6.22. The predicted octanol–water partition coefficient (Wildman–Crippen LogP) is 3.57. The lowest BCUT2D eigenvalue weighted by Crippen LogP contribution is -2.21. The van der Waals surface area contributed by atoms with Crippen LogP contribution in [0.5, 0.6) is 0 Å². The number of carboxylic acid groups (broad SMARTS) is 1. The van der Waals surface area contributed by atoms with E-state index in [4.69, 9.17) is 16.7 Å². The van der Waals surface area contributed by atoms with E-state index in [0.717, 1.165) is 40.0 Å². The number of hydrogen-bond acceptors (Lipinski definition) is 6. The smallest absolute Gasteiger partial charge is 0.327 e. The predicted molar refractivity (Wildman–Crippen MR) is 135 cm³/mol. The van der Waals surface area contributed by atoms with E-state index in [-0.39, 0.29) is 12.1 Å². The van der Waals surface area contributed by atoms with Gasteiger partial charge in [0.2, 0.25) is 0 Å². The minimum absolute atomic E-state index is 0.129. The molecule has 1 aliphatic rings. The molecule has 3 aromatic rings. The average molecular weight is 497 g/mol. The van der Waals surface area contributed by atoms with E-state index in [1.807, 2.05) is 44.4 Å². The zero-order chi connectivity index (χ0) is 24.9. The number of nitrogens with one attached hydrogen (secondary N) is 1. The van der Waals surface area contributed by atoms with Gasteiger partial charge in [-0.1, -0.05) is 42.7 Å². The van der Waals surface area contributed by atoms with Gasteiger partial charge in [0.05, 0.1) is 0 Å². The highest BCUT2D eigenvalue weighted by molar-refractivity contribution is 6.31. The number of aromatic amines is 1. The molecule has 0 radical (unpaired) electrons. The molecule has 0 spiro atoms. The van der Waals surface area contributed by atoms with E-state index in [1.54, 1.807) is 4.90 Å². The van der Waals surface area contributed by atoms with Crippen LogP contribution in [0, 0.1) is 5.92 Å². The van der Waals surface area contributed by atoms with Crippen LogP contribution < -0.4 is 10.5 Å². The number of aryl methyl sites for hydroxylation is 2. The van der Waals surface area contributed by atoms with Crippen molar-refractivity contribution >= 4 is 28.8 Å². The molecule has 35 heavy (non-hydrogen) atoms. The average Bonchev–Trinajstić information content (AvgIpc) is 3.48. The highest BCUT2D eigenvalue weighted by Crippen LogP contribution is 2.33. The fourth-order valence-corrected chi connectivity index (χ4v) is 4.68. The van der Waals surface area contributed by atoms with Gasteiger partial charge in [-0.25, -0.2) is 0 Å². The number of carbonyl (C=O) groups is 1. The van der Waals surface area contributed by atoms with Gasteiger partial charge in [0.15, 0.2) is 12.4 Å². The molecule has 10 heteroatoms. The van der Waals surface area contributed by atoms with Crippen molar-refractivity contribution in [3.8, 4) is 0 Å². The molecular formula is C25H29ClN6O3. The standard InChI is InChI=1S/C25H29ClN6O3/c1-31(2)22-11-10-21(27-25(22)35)19(13-16-5-3-4-6-16)18-8-7-17(20(26)14-18)9-12-23-28-30-32(29-23)15-24(33)34/h7-8,10-11,13-14,16H,3-6,9,12,15H2,1-2H3,(H,27,35)(H,33,34)/b19-13+. The van der Waals surface area contributed by atoms with Crippen LogP contribution in [0.15, 0.2) is 41.2 Å². The molecule has 1 saturated carbocycles. The Kier molecular flexibility index (Phi) is 7.65. The number of allylic oxidation sites excluding steroid dienone is 1. The number of hydrogen-bond donors (Lipinski definition) is 2. The minimum atomic E-state index is -1.02. The normalized spacial score (nSPS) is 14.4. The SMILES string of the molecule is CN(C)c1ccc(/C(=C/C2CCCC2)c2ccc(CCc3nnn(CC(=O)O)n3)c(Cl)c2)[nH]c1=O. The summed E-state index contributed by atoms with van der Waals surface area (Å²) in [5.41, 5.74) is 4.11. The van der Waals surface area contributed by atoms with Gasteiger partial charge < -0.3 is 15.0 Å². The molecule has 184 valence electrons. The fourth-order valence-electron chi connectivity index (χ4n) is 4.41. The molecular weight excluding hydrogens is 468 g/mol. The summed E-state index contributed by atoms with van der Waals surface area (Å²) in [5, 5.41) is 21.2. The fraction of sp³-hybridized carbons (Fsp3) is 0.400. The first-order chi connectivity index (χ1) is 16.8. The number of H-pyrrole nitrogens is 1. The van der Waals surface area contributed by atoms with Crippen molar-refractivity contribution in [3.63, 3.8) is 0 Å². The summed E-state index contributed by atoms with van der Waals surface area (Å²) in [4.78, 5) is 29.4. The summed E-state index contributed by atoms with van der Waals surface area (Å²) in [6, 6.07) is 9.73. The number of aliphatic carboxylic acids is 1. The summed E-state index contributed by atoms with van der Waals surface area (Å²) < 4.78 is 0. The van der Waals surface area contributed by atoms with Crippen molar-refractivity contribution in [3.05, 3.63) is 74.4 Å². The molecule has 2 heterocycles.